The standard InChI is InChI=1S/C13H18N2O2/c1-10-3-2-4-11(9-10)15-12(16)13(17)5-7-14-8-6-13/h2-4,9,14,17H,5-8H2,1H3,(H,15,16). The van der Waals surface area contributed by atoms with Crippen molar-refractivity contribution >= 4 is 11.6 Å². The third-order valence-electron chi connectivity index (χ3n) is 3.13. The maximum absolute atomic E-state index is 12.0. The lowest BCUT2D eigenvalue weighted by molar-refractivity contribution is -0.136. The molecule has 2 rings (SSSR count). The number of carbonyl (C=O) groups is 1. The van der Waals surface area contributed by atoms with E-state index >= 15 is 0 Å². The van der Waals surface area contributed by atoms with Gasteiger partial charge in [0.1, 0.15) is 5.60 Å². The van der Waals surface area contributed by atoms with Gasteiger partial charge < -0.3 is 15.7 Å². The van der Waals surface area contributed by atoms with Crippen LogP contribution in [0.3, 0.4) is 0 Å². The van der Waals surface area contributed by atoms with Gasteiger partial charge in [-0.1, -0.05) is 12.1 Å². The topological polar surface area (TPSA) is 61.4 Å². The van der Waals surface area contributed by atoms with Crippen LogP contribution in [0.4, 0.5) is 5.69 Å². The highest BCUT2D eigenvalue weighted by Crippen LogP contribution is 2.20. The molecule has 0 aromatic heterocycles. The third kappa shape index (κ3) is 2.84. The number of hydrogen-bond acceptors (Lipinski definition) is 3. The Morgan fingerprint density at radius 2 is 2.12 bits per heavy atom. The summed E-state index contributed by atoms with van der Waals surface area (Å²) >= 11 is 0. The minimum absolute atomic E-state index is 0.301. The highest BCUT2D eigenvalue weighted by Gasteiger charge is 2.37. The largest absolute Gasteiger partial charge is 0.380 e. The van der Waals surface area contributed by atoms with Gasteiger partial charge in [-0.05, 0) is 50.6 Å². The van der Waals surface area contributed by atoms with Gasteiger partial charge in [0.15, 0.2) is 0 Å². The highest BCUT2D eigenvalue weighted by molar-refractivity contribution is 5.97. The van der Waals surface area contributed by atoms with Crippen molar-refractivity contribution in [2.24, 2.45) is 0 Å². The lowest BCUT2D eigenvalue weighted by Gasteiger charge is -2.31. The van der Waals surface area contributed by atoms with E-state index in [0.29, 0.717) is 25.9 Å². The predicted octanol–water partition coefficient (Wildman–Crippen LogP) is 1.05. The van der Waals surface area contributed by atoms with Crippen LogP contribution in [0.1, 0.15) is 18.4 Å². The van der Waals surface area contributed by atoms with Crippen LogP contribution < -0.4 is 10.6 Å². The van der Waals surface area contributed by atoms with Gasteiger partial charge in [0, 0.05) is 5.69 Å². The molecule has 1 aliphatic heterocycles. The Morgan fingerprint density at radius 3 is 2.76 bits per heavy atom. The molecule has 3 N–H and O–H groups in total. The molecular weight excluding hydrogens is 216 g/mol. The Morgan fingerprint density at radius 1 is 1.41 bits per heavy atom. The molecule has 1 amide bonds. The molecular formula is C13H18N2O2. The molecule has 0 atom stereocenters. The predicted molar refractivity (Wildman–Crippen MR) is 66.9 cm³/mol. The summed E-state index contributed by atoms with van der Waals surface area (Å²) in [6.45, 7) is 3.32. The van der Waals surface area contributed by atoms with Gasteiger partial charge >= 0.3 is 0 Å². The van der Waals surface area contributed by atoms with Crippen molar-refractivity contribution in [3.63, 3.8) is 0 Å². The maximum Gasteiger partial charge on any atom is 0.256 e. The van der Waals surface area contributed by atoms with Crippen LogP contribution in [0.2, 0.25) is 0 Å². The first-order chi connectivity index (χ1) is 8.10. The Bertz CT molecular complexity index is 412. The van der Waals surface area contributed by atoms with Crippen LogP contribution in [0.15, 0.2) is 24.3 Å². The zero-order chi connectivity index (χ0) is 12.3. The maximum atomic E-state index is 12.0. The van der Waals surface area contributed by atoms with E-state index in [0.717, 1.165) is 11.3 Å². The van der Waals surface area contributed by atoms with Gasteiger partial charge in [0.2, 0.25) is 0 Å². The average Bonchev–Trinajstić information content (AvgIpc) is 2.30. The van der Waals surface area contributed by atoms with E-state index in [1.807, 2.05) is 31.2 Å². The fraction of sp³-hybridized carbons (Fsp3) is 0.462. The average molecular weight is 234 g/mol. The van der Waals surface area contributed by atoms with Crippen LogP contribution in [0, 0.1) is 6.92 Å². The van der Waals surface area contributed by atoms with Crippen LogP contribution in [0.25, 0.3) is 0 Å². The van der Waals surface area contributed by atoms with E-state index in [4.69, 9.17) is 0 Å². The van der Waals surface area contributed by atoms with Gasteiger partial charge in [0.05, 0.1) is 0 Å². The number of amides is 1. The summed E-state index contributed by atoms with van der Waals surface area (Å²) in [5.41, 5.74) is 0.594. The number of hydrogen-bond donors (Lipinski definition) is 3. The summed E-state index contributed by atoms with van der Waals surface area (Å²) in [4.78, 5) is 12.0. The monoisotopic (exact) mass is 234 g/mol. The lowest BCUT2D eigenvalue weighted by Crippen LogP contribution is -2.50. The zero-order valence-corrected chi connectivity index (χ0v) is 9.99. The molecule has 0 radical (unpaired) electrons. The van der Waals surface area contributed by atoms with Crippen LogP contribution in [-0.2, 0) is 4.79 Å². The number of piperidine rings is 1. The first-order valence-corrected chi connectivity index (χ1v) is 5.91. The lowest BCUT2D eigenvalue weighted by atomic mass is 9.91. The van der Waals surface area contributed by atoms with Crippen LogP contribution in [0.5, 0.6) is 0 Å². The minimum Gasteiger partial charge on any atom is -0.380 e. The third-order valence-corrected chi connectivity index (χ3v) is 3.13. The SMILES string of the molecule is Cc1cccc(NC(=O)C2(O)CCNCC2)c1. The second-order valence-corrected chi connectivity index (χ2v) is 4.61. The number of benzene rings is 1. The quantitative estimate of drug-likeness (QED) is 0.716. The van der Waals surface area contributed by atoms with Crippen molar-refractivity contribution in [1.82, 2.24) is 5.32 Å². The minimum atomic E-state index is -1.23. The van der Waals surface area contributed by atoms with Crippen LogP contribution in [-0.4, -0.2) is 29.7 Å². The summed E-state index contributed by atoms with van der Waals surface area (Å²) in [6.07, 6.45) is 0.926. The van der Waals surface area contributed by atoms with E-state index in [2.05, 4.69) is 10.6 Å². The van der Waals surface area contributed by atoms with Crippen molar-refractivity contribution in [3.8, 4) is 0 Å². The summed E-state index contributed by atoms with van der Waals surface area (Å²) in [6, 6.07) is 7.57. The normalized spacial score (nSPS) is 18.7. The number of carbonyl (C=O) groups excluding carboxylic acids is 1. The molecule has 0 bridgehead atoms. The molecule has 1 aliphatic rings. The summed E-state index contributed by atoms with van der Waals surface area (Å²) < 4.78 is 0. The molecule has 4 heteroatoms. The Hall–Kier alpha value is -1.39. The molecule has 0 spiro atoms. The first-order valence-electron chi connectivity index (χ1n) is 5.91. The van der Waals surface area contributed by atoms with Crippen molar-refractivity contribution in [1.29, 1.82) is 0 Å². The Kier molecular flexibility index (Phi) is 3.45. The number of anilines is 1. The molecule has 1 aromatic rings. The Balaban J connectivity index is 2.05. The molecule has 0 unspecified atom stereocenters. The summed E-state index contributed by atoms with van der Waals surface area (Å²) in [5, 5.41) is 16.1. The first kappa shape index (κ1) is 12.1. The van der Waals surface area contributed by atoms with Crippen LogP contribution >= 0.6 is 0 Å². The fourth-order valence-electron chi connectivity index (χ4n) is 2.04. The van der Waals surface area contributed by atoms with Crippen molar-refractivity contribution in [2.45, 2.75) is 25.4 Å². The second-order valence-electron chi connectivity index (χ2n) is 4.61. The van der Waals surface area contributed by atoms with Gasteiger partial charge in [-0.2, -0.15) is 0 Å². The molecule has 4 nitrogen and oxygen atoms in total. The molecule has 1 saturated heterocycles. The number of aryl methyl sites for hydroxylation is 1. The Labute approximate surface area is 101 Å². The fourth-order valence-corrected chi connectivity index (χ4v) is 2.04. The smallest absolute Gasteiger partial charge is 0.256 e. The number of nitrogens with one attached hydrogen (secondary N) is 2. The molecule has 1 heterocycles. The van der Waals surface area contributed by atoms with E-state index in [1.54, 1.807) is 0 Å². The van der Waals surface area contributed by atoms with E-state index in [-0.39, 0.29) is 5.91 Å². The van der Waals surface area contributed by atoms with Crippen molar-refractivity contribution < 1.29 is 9.90 Å². The van der Waals surface area contributed by atoms with Gasteiger partial charge in [-0.15, -0.1) is 0 Å². The molecule has 0 saturated carbocycles. The molecule has 17 heavy (non-hydrogen) atoms. The summed E-state index contributed by atoms with van der Waals surface area (Å²) in [7, 11) is 0. The molecule has 1 fully saturated rings. The zero-order valence-electron chi connectivity index (χ0n) is 9.99. The number of rotatable bonds is 2. The van der Waals surface area contributed by atoms with E-state index < -0.39 is 5.60 Å². The second kappa shape index (κ2) is 4.85. The van der Waals surface area contributed by atoms with Crippen molar-refractivity contribution in [2.75, 3.05) is 18.4 Å². The van der Waals surface area contributed by atoms with Gasteiger partial charge in [-0.25, -0.2) is 0 Å². The van der Waals surface area contributed by atoms with E-state index in [1.165, 1.54) is 0 Å². The molecule has 0 aliphatic carbocycles. The number of aliphatic hydroxyl groups is 1. The molecule has 92 valence electrons. The van der Waals surface area contributed by atoms with Crippen molar-refractivity contribution in [3.05, 3.63) is 29.8 Å². The molecule has 1 aromatic carbocycles. The van der Waals surface area contributed by atoms with E-state index in [9.17, 15) is 9.90 Å². The highest BCUT2D eigenvalue weighted by atomic mass is 16.3. The summed E-state index contributed by atoms with van der Waals surface area (Å²) in [5.74, 6) is -0.301. The van der Waals surface area contributed by atoms with Gasteiger partial charge in [0.25, 0.3) is 5.91 Å². The van der Waals surface area contributed by atoms with Gasteiger partial charge in [-0.3, -0.25) is 4.79 Å².